The Kier molecular flexibility index (Phi) is 10.9. The number of rotatable bonds is 7. The van der Waals surface area contributed by atoms with E-state index in [0.29, 0.717) is 18.8 Å². The van der Waals surface area contributed by atoms with Gasteiger partial charge >= 0.3 is 0 Å². The van der Waals surface area contributed by atoms with Crippen LogP contribution < -0.4 is 10.6 Å². The molecule has 4 nitrogen and oxygen atoms in total. The molecule has 1 aromatic carbocycles. The predicted octanol–water partition coefficient (Wildman–Crippen LogP) is 3.68. The number of nitrogens with one attached hydrogen (secondary N) is 2. The van der Waals surface area contributed by atoms with Crippen LogP contribution in [0.4, 0.5) is 0 Å². The summed E-state index contributed by atoms with van der Waals surface area (Å²) in [5.41, 5.74) is 1.25. The molecule has 0 spiro atoms. The first-order valence-electron chi connectivity index (χ1n) is 8.63. The fraction of sp³-hybridized carbons (Fsp3) is 0.632. The van der Waals surface area contributed by atoms with Crippen molar-refractivity contribution >= 4 is 40.7 Å². The van der Waals surface area contributed by atoms with E-state index in [2.05, 4.69) is 48.7 Å². The minimum atomic E-state index is -0.854. The van der Waals surface area contributed by atoms with Crippen LogP contribution in [0.5, 0.6) is 0 Å². The second kappa shape index (κ2) is 11.2. The first-order chi connectivity index (χ1) is 11.2. The van der Waals surface area contributed by atoms with Crippen molar-refractivity contribution in [1.82, 2.24) is 10.6 Å². The molecule has 1 unspecified atom stereocenters. The highest BCUT2D eigenvalue weighted by molar-refractivity contribution is 14.0. The molecular formula is C19H34IN3OS. The number of nitrogens with zero attached hydrogens (tertiary/aromatic N) is 1. The van der Waals surface area contributed by atoms with Gasteiger partial charge in [-0.1, -0.05) is 44.2 Å². The van der Waals surface area contributed by atoms with E-state index >= 15 is 0 Å². The van der Waals surface area contributed by atoms with Gasteiger partial charge in [0.1, 0.15) is 0 Å². The van der Waals surface area contributed by atoms with E-state index in [4.69, 9.17) is 4.99 Å². The zero-order valence-corrected chi connectivity index (χ0v) is 19.5. The summed E-state index contributed by atoms with van der Waals surface area (Å²) in [4.78, 5) is 4.72. The van der Waals surface area contributed by atoms with E-state index in [1.54, 1.807) is 0 Å². The van der Waals surface area contributed by atoms with E-state index in [1.165, 1.54) is 5.56 Å². The normalized spacial score (nSPS) is 13.8. The molecule has 0 aliphatic rings. The van der Waals surface area contributed by atoms with Crippen LogP contribution in [-0.4, -0.2) is 40.3 Å². The number of hydrogen-bond acceptors (Lipinski definition) is 2. The van der Waals surface area contributed by atoms with Crippen LogP contribution in [-0.2, 0) is 16.2 Å². The first kappa shape index (κ1) is 24.4. The van der Waals surface area contributed by atoms with E-state index in [0.717, 1.165) is 12.5 Å². The van der Waals surface area contributed by atoms with Crippen molar-refractivity contribution in [2.75, 3.05) is 25.4 Å². The molecule has 144 valence electrons. The van der Waals surface area contributed by atoms with Crippen LogP contribution in [0.1, 0.15) is 47.1 Å². The predicted molar refractivity (Wildman–Crippen MR) is 122 cm³/mol. The lowest BCUT2D eigenvalue weighted by molar-refractivity contribution is 0.537. The van der Waals surface area contributed by atoms with Crippen molar-refractivity contribution in [3.05, 3.63) is 35.9 Å². The van der Waals surface area contributed by atoms with Gasteiger partial charge in [-0.15, -0.1) is 24.0 Å². The molecule has 1 atom stereocenters. The average Bonchev–Trinajstić information content (AvgIpc) is 2.52. The number of aliphatic imine (C=N–C) groups is 1. The SMILES string of the molecule is CCNC(=NCC(C)(C)c1ccccc1)NCCS(=O)C(C)(C)C.I. The molecule has 0 heterocycles. The number of benzene rings is 1. The molecule has 0 bridgehead atoms. The lowest BCUT2D eigenvalue weighted by Crippen LogP contribution is -2.41. The minimum Gasteiger partial charge on any atom is -0.357 e. The molecular weight excluding hydrogens is 445 g/mol. The smallest absolute Gasteiger partial charge is 0.191 e. The largest absolute Gasteiger partial charge is 0.357 e. The van der Waals surface area contributed by atoms with Crippen molar-refractivity contribution < 1.29 is 4.21 Å². The van der Waals surface area contributed by atoms with Crippen molar-refractivity contribution in [1.29, 1.82) is 0 Å². The molecule has 0 radical (unpaired) electrons. The Balaban J connectivity index is 0.00000576. The zero-order chi connectivity index (χ0) is 18.2. The highest BCUT2D eigenvalue weighted by Crippen LogP contribution is 2.22. The molecule has 1 aromatic rings. The zero-order valence-electron chi connectivity index (χ0n) is 16.4. The molecule has 1 rings (SSSR count). The molecule has 0 aliphatic heterocycles. The van der Waals surface area contributed by atoms with E-state index in [1.807, 2.05) is 33.8 Å². The number of halogens is 1. The van der Waals surface area contributed by atoms with Crippen LogP contribution in [0.2, 0.25) is 0 Å². The summed E-state index contributed by atoms with van der Waals surface area (Å²) in [6.07, 6.45) is 0. The van der Waals surface area contributed by atoms with Gasteiger partial charge in [0.25, 0.3) is 0 Å². The summed E-state index contributed by atoms with van der Waals surface area (Å²) in [5.74, 6) is 1.41. The summed E-state index contributed by atoms with van der Waals surface area (Å²) in [6, 6.07) is 10.4. The Hall–Kier alpha value is -0.630. The van der Waals surface area contributed by atoms with Crippen LogP contribution in [0.15, 0.2) is 35.3 Å². The standard InChI is InChI=1S/C19H33N3OS.HI/c1-7-20-17(21-13-14-24(23)18(2,3)4)22-15-19(5,6)16-11-9-8-10-12-16;/h8-12H,7,13-15H2,1-6H3,(H2,20,21,22);1H. The third-order valence-electron chi connectivity index (χ3n) is 3.79. The van der Waals surface area contributed by atoms with Gasteiger partial charge in [-0.2, -0.15) is 0 Å². The number of hydrogen-bond donors (Lipinski definition) is 2. The lowest BCUT2D eigenvalue weighted by Gasteiger charge is -2.24. The van der Waals surface area contributed by atoms with Crippen molar-refractivity contribution in [3.63, 3.8) is 0 Å². The molecule has 0 fully saturated rings. The van der Waals surface area contributed by atoms with Gasteiger partial charge in [0.2, 0.25) is 0 Å². The van der Waals surface area contributed by atoms with E-state index in [9.17, 15) is 4.21 Å². The van der Waals surface area contributed by atoms with Crippen LogP contribution in [0, 0.1) is 0 Å². The summed E-state index contributed by atoms with van der Waals surface area (Å²) >= 11 is 0. The Labute approximate surface area is 173 Å². The molecule has 0 saturated carbocycles. The molecule has 0 amide bonds. The van der Waals surface area contributed by atoms with Gasteiger partial charge in [0.15, 0.2) is 5.96 Å². The van der Waals surface area contributed by atoms with Gasteiger partial charge < -0.3 is 10.6 Å². The summed E-state index contributed by atoms with van der Waals surface area (Å²) in [6.45, 7) is 14.6. The minimum absolute atomic E-state index is 0. The highest BCUT2D eigenvalue weighted by Gasteiger charge is 2.21. The van der Waals surface area contributed by atoms with E-state index < -0.39 is 10.8 Å². The average molecular weight is 479 g/mol. The van der Waals surface area contributed by atoms with E-state index in [-0.39, 0.29) is 34.1 Å². The molecule has 0 aromatic heterocycles. The Morgan fingerprint density at radius 3 is 2.20 bits per heavy atom. The van der Waals surface area contributed by atoms with Crippen molar-refractivity contribution in [3.8, 4) is 0 Å². The van der Waals surface area contributed by atoms with Gasteiger partial charge in [-0.25, -0.2) is 0 Å². The molecule has 25 heavy (non-hydrogen) atoms. The maximum atomic E-state index is 12.1. The van der Waals surface area contributed by atoms with Crippen molar-refractivity contribution in [2.24, 2.45) is 4.99 Å². The lowest BCUT2D eigenvalue weighted by atomic mass is 9.85. The first-order valence-corrected chi connectivity index (χ1v) is 9.95. The van der Waals surface area contributed by atoms with Gasteiger partial charge in [0, 0.05) is 39.8 Å². The number of guanidine groups is 1. The third kappa shape index (κ3) is 9.03. The summed E-state index contributed by atoms with van der Waals surface area (Å²) in [7, 11) is -0.854. The monoisotopic (exact) mass is 479 g/mol. The Morgan fingerprint density at radius 1 is 1.08 bits per heavy atom. The molecule has 0 aliphatic carbocycles. The Morgan fingerprint density at radius 2 is 1.68 bits per heavy atom. The van der Waals surface area contributed by atoms with Crippen LogP contribution >= 0.6 is 24.0 Å². The maximum Gasteiger partial charge on any atom is 0.191 e. The second-order valence-electron chi connectivity index (χ2n) is 7.53. The quantitative estimate of drug-likeness (QED) is 0.357. The Bertz CT molecular complexity index is 554. The second-order valence-corrected chi connectivity index (χ2v) is 9.86. The topological polar surface area (TPSA) is 53.5 Å². The fourth-order valence-corrected chi connectivity index (χ4v) is 3.07. The van der Waals surface area contributed by atoms with Gasteiger partial charge in [-0.05, 0) is 33.3 Å². The fourth-order valence-electron chi connectivity index (χ4n) is 2.17. The van der Waals surface area contributed by atoms with Crippen molar-refractivity contribution in [2.45, 2.75) is 51.7 Å². The molecule has 6 heteroatoms. The van der Waals surface area contributed by atoms with Crippen LogP contribution in [0.25, 0.3) is 0 Å². The third-order valence-corrected chi connectivity index (χ3v) is 5.74. The molecule has 0 saturated heterocycles. The molecule has 2 N–H and O–H groups in total. The van der Waals surface area contributed by atoms with Gasteiger partial charge in [0.05, 0.1) is 6.54 Å². The maximum absolute atomic E-state index is 12.1. The van der Waals surface area contributed by atoms with Crippen LogP contribution in [0.3, 0.4) is 0 Å². The highest BCUT2D eigenvalue weighted by atomic mass is 127. The summed E-state index contributed by atoms with van der Waals surface area (Å²) in [5, 5.41) is 6.55. The summed E-state index contributed by atoms with van der Waals surface area (Å²) < 4.78 is 11.9. The van der Waals surface area contributed by atoms with Gasteiger partial charge in [-0.3, -0.25) is 9.20 Å².